The summed E-state index contributed by atoms with van der Waals surface area (Å²) in [4.78, 5) is 14.1. The van der Waals surface area contributed by atoms with Crippen molar-refractivity contribution in [3.8, 4) is 0 Å². The lowest BCUT2D eigenvalue weighted by Crippen LogP contribution is -2.43. The van der Waals surface area contributed by atoms with E-state index < -0.39 is 11.7 Å². The van der Waals surface area contributed by atoms with Gasteiger partial charge in [0.2, 0.25) is 0 Å². The summed E-state index contributed by atoms with van der Waals surface area (Å²) in [5.41, 5.74) is -0.245. The molecule has 0 saturated carbocycles. The van der Waals surface area contributed by atoms with Crippen LogP contribution >= 0.6 is 0 Å². The predicted molar refractivity (Wildman–Crippen MR) is 73.8 cm³/mol. The van der Waals surface area contributed by atoms with Gasteiger partial charge in [0.05, 0.1) is 11.8 Å². The van der Waals surface area contributed by atoms with Crippen LogP contribution in [0.4, 0.5) is 5.69 Å². The number of carbonyl (C=O) groups excluding carboxylic acids is 1. The highest BCUT2D eigenvalue weighted by atomic mass is 16.3. The van der Waals surface area contributed by atoms with E-state index in [0.717, 1.165) is 5.69 Å². The smallest absolute Gasteiger partial charge is 0.263 e. The number of rotatable bonds is 4. The molecule has 2 rings (SSSR count). The van der Waals surface area contributed by atoms with Crippen molar-refractivity contribution in [2.24, 2.45) is 5.92 Å². The van der Waals surface area contributed by atoms with Crippen LogP contribution in [0.1, 0.15) is 32.8 Å². The van der Waals surface area contributed by atoms with Crippen LogP contribution in [0.15, 0.2) is 24.3 Å². The van der Waals surface area contributed by atoms with Crippen LogP contribution in [0.2, 0.25) is 0 Å². The number of nitrogens with zero attached hydrogens (tertiary/aromatic N) is 1. The SMILES string of the molecule is CC(C)CN1C(=O)[C@@](O)(C[C@H](C)O)c2ccccc21. The molecule has 0 fully saturated rings. The van der Waals surface area contributed by atoms with Gasteiger partial charge >= 0.3 is 0 Å². The van der Waals surface area contributed by atoms with Gasteiger partial charge in [-0.05, 0) is 18.9 Å². The van der Waals surface area contributed by atoms with Gasteiger partial charge in [-0.25, -0.2) is 0 Å². The minimum atomic E-state index is -1.60. The van der Waals surface area contributed by atoms with E-state index in [1.807, 2.05) is 26.0 Å². The van der Waals surface area contributed by atoms with Crippen LogP contribution in [0.25, 0.3) is 0 Å². The molecule has 2 atom stereocenters. The Morgan fingerprint density at radius 2 is 1.89 bits per heavy atom. The number of hydrogen-bond acceptors (Lipinski definition) is 3. The molecular weight excluding hydrogens is 242 g/mol. The molecule has 4 heteroatoms. The van der Waals surface area contributed by atoms with E-state index >= 15 is 0 Å². The normalized spacial score (nSPS) is 23.9. The molecule has 4 nitrogen and oxygen atoms in total. The highest BCUT2D eigenvalue weighted by Crippen LogP contribution is 2.43. The maximum atomic E-state index is 12.5. The van der Waals surface area contributed by atoms with Crippen LogP contribution < -0.4 is 4.90 Å². The van der Waals surface area contributed by atoms with Crippen LogP contribution in [0, 0.1) is 5.92 Å². The molecule has 104 valence electrons. The predicted octanol–water partition coefficient (Wildman–Crippen LogP) is 1.65. The second kappa shape index (κ2) is 4.94. The number of benzene rings is 1. The van der Waals surface area contributed by atoms with Gasteiger partial charge in [0, 0.05) is 18.5 Å². The summed E-state index contributed by atoms with van der Waals surface area (Å²) < 4.78 is 0. The Hall–Kier alpha value is -1.39. The monoisotopic (exact) mass is 263 g/mol. The third-order valence-corrected chi connectivity index (χ3v) is 3.38. The summed E-state index contributed by atoms with van der Waals surface area (Å²) in [6.07, 6.45) is -0.710. The highest BCUT2D eigenvalue weighted by molar-refractivity contribution is 6.06. The summed E-state index contributed by atoms with van der Waals surface area (Å²) in [6.45, 7) is 6.21. The number of fused-ring (bicyclic) bond motifs is 1. The van der Waals surface area contributed by atoms with E-state index in [9.17, 15) is 15.0 Å². The number of amides is 1. The number of anilines is 1. The number of para-hydroxylation sites is 1. The van der Waals surface area contributed by atoms with E-state index in [1.165, 1.54) is 0 Å². The first-order valence-electron chi connectivity index (χ1n) is 6.68. The lowest BCUT2D eigenvalue weighted by atomic mass is 9.90. The largest absolute Gasteiger partial charge is 0.393 e. The fraction of sp³-hybridized carbons (Fsp3) is 0.533. The van der Waals surface area contributed by atoms with Crippen molar-refractivity contribution < 1.29 is 15.0 Å². The molecule has 0 aromatic heterocycles. The van der Waals surface area contributed by atoms with Crippen molar-refractivity contribution in [2.75, 3.05) is 11.4 Å². The van der Waals surface area contributed by atoms with Gasteiger partial charge in [0.15, 0.2) is 5.60 Å². The zero-order chi connectivity index (χ0) is 14.2. The minimum Gasteiger partial charge on any atom is -0.393 e. The Morgan fingerprint density at radius 3 is 2.47 bits per heavy atom. The summed E-state index contributed by atoms with van der Waals surface area (Å²) >= 11 is 0. The van der Waals surface area contributed by atoms with Gasteiger partial charge < -0.3 is 15.1 Å². The minimum absolute atomic E-state index is 0.0252. The first-order chi connectivity index (χ1) is 8.86. The van der Waals surface area contributed by atoms with Crippen molar-refractivity contribution in [1.82, 2.24) is 0 Å². The van der Waals surface area contributed by atoms with Gasteiger partial charge in [-0.2, -0.15) is 0 Å². The zero-order valence-electron chi connectivity index (χ0n) is 11.6. The van der Waals surface area contributed by atoms with Crippen LogP contribution in [0.5, 0.6) is 0 Å². The topological polar surface area (TPSA) is 60.8 Å². The third kappa shape index (κ3) is 2.38. The first kappa shape index (κ1) is 14.0. The second-order valence-corrected chi connectivity index (χ2v) is 5.74. The summed E-state index contributed by atoms with van der Waals surface area (Å²) in [5, 5.41) is 20.3. The fourth-order valence-electron chi connectivity index (χ4n) is 2.68. The molecule has 1 aromatic carbocycles. The molecule has 1 heterocycles. The Bertz CT molecular complexity index is 484. The fourth-order valence-corrected chi connectivity index (χ4v) is 2.68. The first-order valence-corrected chi connectivity index (χ1v) is 6.68. The van der Waals surface area contributed by atoms with Crippen LogP contribution in [0.3, 0.4) is 0 Å². The molecule has 0 unspecified atom stereocenters. The van der Waals surface area contributed by atoms with E-state index in [-0.39, 0.29) is 12.3 Å². The van der Waals surface area contributed by atoms with Gasteiger partial charge in [-0.15, -0.1) is 0 Å². The Kier molecular flexibility index (Phi) is 3.65. The van der Waals surface area contributed by atoms with Crippen molar-refractivity contribution in [1.29, 1.82) is 0 Å². The standard InChI is InChI=1S/C15H21NO3/c1-10(2)9-16-13-7-5-4-6-12(13)15(19,14(16)18)8-11(3)17/h4-7,10-11,17,19H,8-9H2,1-3H3/t11-,15+/m0/s1. The average Bonchev–Trinajstić information content (AvgIpc) is 2.51. The molecule has 19 heavy (non-hydrogen) atoms. The number of carbonyl (C=O) groups is 1. The molecule has 0 saturated heterocycles. The highest BCUT2D eigenvalue weighted by Gasteiger charge is 2.49. The molecular formula is C15H21NO3. The molecule has 1 amide bonds. The van der Waals surface area contributed by atoms with Crippen molar-refractivity contribution in [3.05, 3.63) is 29.8 Å². The van der Waals surface area contributed by atoms with Crippen molar-refractivity contribution in [3.63, 3.8) is 0 Å². The number of aliphatic hydroxyl groups excluding tert-OH is 1. The van der Waals surface area contributed by atoms with E-state index in [4.69, 9.17) is 0 Å². The molecule has 0 bridgehead atoms. The third-order valence-electron chi connectivity index (χ3n) is 3.38. The second-order valence-electron chi connectivity index (χ2n) is 5.74. The molecule has 1 aliphatic rings. The molecule has 1 aliphatic heterocycles. The Morgan fingerprint density at radius 1 is 1.26 bits per heavy atom. The summed E-state index contributed by atoms with van der Waals surface area (Å²) in [7, 11) is 0. The Balaban J connectivity index is 2.46. The molecule has 2 N–H and O–H groups in total. The lowest BCUT2D eigenvalue weighted by molar-refractivity contribution is -0.139. The van der Waals surface area contributed by atoms with Gasteiger partial charge in [-0.1, -0.05) is 32.0 Å². The van der Waals surface area contributed by atoms with E-state index in [2.05, 4.69) is 0 Å². The molecule has 0 aliphatic carbocycles. The molecule has 1 aromatic rings. The van der Waals surface area contributed by atoms with Crippen molar-refractivity contribution in [2.45, 2.75) is 38.9 Å². The van der Waals surface area contributed by atoms with E-state index in [0.29, 0.717) is 18.0 Å². The Labute approximate surface area is 113 Å². The van der Waals surface area contributed by atoms with Crippen LogP contribution in [-0.2, 0) is 10.4 Å². The summed E-state index contributed by atoms with van der Waals surface area (Å²) in [6, 6.07) is 7.26. The van der Waals surface area contributed by atoms with Gasteiger partial charge in [0.1, 0.15) is 0 Å². The van der Waals surface area contributed by atoms with Gasteiger partial charge in [-0.3, -0.25) is 4.79 Å². The van der Waals surface area contributed by atoms with Gasteiger partial charge in [0.25, 0.3) is 5.91 Å². The maximum absolute atomic E-state index is 12.5. The zero-order valence-corrected chi connectivity index (χ0v) is 11.6. The number of aliphatic hydroxyl groups is 2. The molecule has 0 radical (unpaired) electrons. The van der Waals surface area contributed by atoms with Crippen LogP contribution in [-0.4, -0.2) is 28.8 Å². The maximum Gasteiger partial charge on any atom is 0.263 e. The number of hydrogen-bond donors (Lipinski definition) is 2. The quantitative estimate of drug-likeness (QED) is 0.868. The van der Waals surface area contributed by atoms with Crippen molar-refractivity contribution >= 4 is 11.6 Å². The lowest BCUT2D eigenvalue weighted by Gasteiger charge is -2.25. The summed E-state index contributed by atoms with van der Waals surface area (Å²) in [5.74, 6) is -0.0193. The van der Waals surface area contributed by atoms with E-state index in [1.54, 1.807) is 24.0 Å². The molecule has 0 spiro atoms. The average molecular weight is 263 g/mol.